The Bertz CT molecular complexity index is 835. The van der Waals surface area contributed by atoms with Crippen molar-refractivity contribution in [1.29, 1.82) is 0 Å². The van der Waals surface area contributed by atoms with Gasteiger partial charge in [-0.25, -0.2) is 9.78 Å². The van der Waals surface area contributed by atoms with Crippen molar-refractivity contribution in [1.82, 2.24) is 4.98 Å². The van der Waals surface area contributed by atoms with Crippen LogP contribution in [0.4, 0.5) is 5.69 Å². The number of carboxylic acids is 1. The van der Waals surface area contributed by atoms with E-state index in [-0.39, 0.29) is 5.69 Å². The predicted molar refractivity (Wildman–Crippen MR) is 90.2 cm³/mol. The van der Waals surface area contributed by atoms with Crippen LogP contribution in [0.2, 0.25) is 0 Å². The summed E-state index contributed by atoms with van der Waals surface area (Å²) < 4.78 is 0.886. The molecule has 0 aliphatic rings. The Hall–Kier alpha value is -2.40. The molecule has 0 bridgehead atoms. The molecule has 22 heavy (non-hydrogen) atoms. The van der Waals surface area contributed by atoms with E-state index in [1.54, 1.807) is 6.20 Å². The second kappa shape index (κ2) is 6.15. The van der Waals surface area contributed by atoms with Crippen molar-refractivity contribution in [2.45, 2.75) is 6.54 Å². The third kappa shape index (κ3) is 2.80. The molecule has 0 amide bonds. The number of aromatic carboxylic acids is 1. The molecule has 1 heterocycles. The summed E-state index contributed by atoms with van der Waals surface area (Å²) >= 11 is 3.47. The van der Waals surface area contributed by atoms with E-state index in [4.69, 9.17) is 0 Å². The Balaban J connectivity index is 2.07. The van der Waals surface area contributed by atoms with Crippen LogP contribution >= 0.6 is 15.9 Å². The standard InChI is InChI=1S/C17H13BrN2O2/c18-14-8-4-7-12-13(14)10-20-16(17(21)22)15(12)19-9-11-5-2-1-3-6-11/h1-8,10,19H,9H2,(H,21,22). The minimum atomic E-state index is -1.04. The van der Waals surface area contributed by atoms with E-state index in [1.165, 1.54) is 0 Å². The average molecular weight is 357 g/mol. The summed E-state index contributed by atoms with van der Waals surface area (Å²) in [6.07, 6.45) is 1.58. The molecule has 4 nitrogen and oxygen atoms in total. The SMILES string of the molecule is O=C(O)c1ncc2c(Br)cccc2c1NCc1ccccc1. The lowest BCUT2D eigenvalue weighted by molar-refractivity contribution is 0.0692. The molecule has 0 aliphatic heterocycles. The quantitative estimate of drug-likeness (QED) is 0.731. The van der Waals surface area contributed by atoms with E-state index in [0.717, 1.165) is 20.8 Å². The van der Waals surface area contributed by atoms with Gasteiger partial charge in [-0.15, -0.1) is 0 Å². The van der Waals surface area contributed by atoms with E-state index in [0.29, 0.717) is 12.2 Å². The molecular formula is C17H13BrN2O2. The second-order valence-electron chi connectivity index (χ2n) is 4.83. The van der Waals surface area contributed by atoms with Crippen LogP contribution < -0.4 is 5.32 Å². The lowest BCUT2D eigenvalue weighted by atomic mass is 10.1. The number of pyridine rings is 1. The number of benzene rings is 2. The minimum absolute atomic E-state index is 0.0292. The average Bonchev–Trinajstić information content (AvgIpc) is 2.53. The summed E-state index contributed by atoms with van der Waals surface area (Å²) in [6.45, 7) is 0.536. The summed E-state index contributed by atoms with van der Waals surface area (Å²) in [5.74, 6) is -1.04. The van der Waals surface area contributed by atoms with Crippen LogP contribution in [-0.2, 0) is 6.54 Å². The fraction of sp³-hybridized carbons (Fsp3) is 0.0588. The number of nitrogens with zero attached hydrogens (tertiary/aromatic N) is 1. The van der Waals surface area contributed by atoms with Crippen LogP contribution in [-0.4, -0.2) is 16.1 Å². The Morgan fingerprint density at radius 1 is 1.09 bits per heavy atom. The van der Waals surface area contributed by atoms with E-state index >= 15 is 0 Å². The zero-order valence-electron chi connectivity index (χ0n) is 11.6. The van der Waals surface area contributed by atoms with Gasteiger partial charge in [0.05, 0.1) is 5.69 Å². The number of anilines is 1. The molecule has 0 unspecified atom stereocenters. The van der Waals surface area contributed by atoms with Gasteiger partial charge >= 0.3 is 5.97 Å². The highest BCUT2D eigenvalue weighted by Crippen LogP contribution is 2.31. The second-order valence-corrected chi connectivity index (χ2v) is 5.68. The molecule has 0 saturated heterocycles. The summed E-state index contributed by atoms with van der Waals surface area (Å²) in [5, 5.41) is 14.3. The number of halogens is 1. The van der Waals surface area contributed by atoms with Crippen molar-refractivity contribution in [2.24, 2.45) is 0 Å². The molecule has 2 N–H and O–H groups in total. The van der Waals surface area contributed by atoms with Gasteiger partial charge in [-0.2, -0.15) is 0 Å². The largest absolute Gasteiger partial charge is 0.476 e. The molecule has 2 aromatic carbocycles. The normalized spacial score (nSPS) is 10.6. The first-order chi connectivity index (χ1) is 10.7. The van der Waals surface area contributed by atoms with Crippen LogP contribution in [0, 0.1) is 0 Å². The summed E-state index contributed by atoms with van der Waals surface area (Å²) in [5.41, 5.74) is 1.64. The zero-order chi connectivity index (χ0) is 15.5. The molecule has 3 rings (SSSR count). The lowest BCUT2D eigenvalue weighted by Gasteiger charge is -2.13. The third-order valence-electron chi connectivity index (χ3n) is 3.40. The van der Waals surface area contributed by atoms with Gasteiger partial charge in [-0.1, -0.05) is 58.4 Å². The lowest BCUT2D eigenvalue weighted by Crippen LogP contribution is -2.09. The molecule has 0 radical (unpaired) electrons. The van der Waals surface area contributed by atoms with Crippen LogP contribution in [0.1, 0.15) is 16.1 Å². The molecular weight excluding hydrogens is 344 g/mol. The van der Waals surface area contributed by atoms with Crippen molar-refractivity contribution in [2.75, 3.05) is 5.32 Å². The van der Waals surface area contributed by atoms with Gasteiger partial charge in [0.25, 0.3) is 0 Å². The number of carboxylic acid groups (broad SMARTS) is 1. The highest BCUT2D eigenvalue weighted by Gasteiger charge is 2.16. The Kier molecular flexibility index (Phi) is 4.06. The molecule has 1 aromatic heterocycles. The van der Waals surface area contributed by atoms with E-state index < -0.39 is 5.97 Å². The van der Waals surface area contributed by atoms with Gasteiger partial charge in [0.1, 0.15) is 0 Å². The molecule has 0 atom stereocenters. The van der Waals surface area contributed by atoms with Crippen molar-refractivity contribution in [3.8, 4) is 0 Å². The van der Waals surface area contributed by atoms with Gasteiger partial charge in [0.2, 0.25) is 0 Å². The van der Waals surface area contributed by atoms with Gasteiger partial charge in [-0.05, 0) is 11.6 Å². The topological polar surface area (TPSA) is 62.2 Å². The van der Waals surface area contributed by atoms with Crippen LogP contribution in [0.5, 0.6) is 0 Å². The van der Waals surface area contributed by atoms with Gasteiger partial charge in [0.15, 0.2) is 5.69 Å². The van der Waals surface area contributed by atoms with Crippen molar-refractivity contribution >= 4 is 38.4 Å². The molecule has 0 aliphatic carbocycles. The highest BCUT2D eigenvalue weighted by atomic mass is 79.9. The summed E-state index contributed by atoms with van der Waals surface area (Å²) in [7, 11) is 0. The maximum absolute atomic E-state index is 11.4. The van der Waals surface area contributed by atoms with Gasteiger partial charge in [0, 0.05) is 28.0 Å². The maximum Gasteiger partial charge on any atom is 0.356 e. The number of carbonyl (C=O) groups is 1. The molecule has 5 heteroatoms. The third-order valence-corrected chi connectivity index (χ3v) is 4.09. The molecule has 110 valence electrons. The van der Waals surface area contributed by atoms with Crippen LogP contribution in [0.25, 0.3) is 10.8 Å². The van der Waals surface area contributed by atoms with E-state index in [2.05, 4.69) is 26.2 Å². The predicted octanol–water partition coefficient (Wildman–Crippen LogP) is 4.31. The highest BCUT2D eigenvalue weighted by molar-refractivity contribution is 9.10. The first kappa shape index (κ1) is 14.5. The molecule has 3 aromatic rings. The van der Waals surface area contributed by atoms with E-state index in [9.17, 15) is 9.90 Å². The fourth-order valence-corrected chi connectivity index (χ4v) is 2.80. The van der Waals surface area contributed by atoms with Crippen LogP contribution in [0.3, 0.4) is 0 Å². The number of rotatable bonds is 4. The van der Waals surface area contributed by atoms with Gasteiger partial charge in [-0.3, -0.25) is 0 Å². The molecule has 0 saturated carbocycles. The Labute approximate surface area is 135 Å². The number of hydrogen-bond acceptors (Lipinski definition) is 3. The summed E-state index contributed by atoms with van der Waals surface area (Å²) in [4.78, 5) is 15.5. The first-order valence-corrected chi connectivity index (χ1v) is 7.54. The van der Waals surface area contributed by atoms with Crippen LogP contribution in [0.15, 0.2) is 59.2 Å². The van der Waals surface area contributed by atoms with E-state index in [1.807, 2.05) is 48.5 Å². The van der Waals surface area contributed by atoms with Gasteiger partial charge < -0.3 is 10.4 Å². The number of fused-ring (bicyclic) bond motifs is 1. The number of nitrogens with one attached hydrogen (secondary N) is 1. The molecule has 0 fully saturated rings. The van der Waals surface area contributed by atoms with Crippen molar-refractivity contribution in [3.63, 3.8) is 0 Å². The maximum atomic E-state index is 11.4. The minimum Gasteiger partial charge on any atom is -0.476 e. The smallest absolute Gasteiger partial charge is 0.356 e. The molecule has 0 spiro atoms. The summed E-state index contributed by atoms with van der Waals surface area (Å²) in [6, 6.07) is 15.5. The fourth-order valence-electron chi connectivity index (χ4n) is 2.33. The first-order valence-electron chi connectivity index (χ1n) is 6.75. The van der Waals surface area contributed by atoms with Crippen molar-refractivity contribution in [3.05, 3.63) is 70.5 Å². The zero-order valence-corrected chi connectivity index (χ0v) is 13.2. The monoisotopic (exact) mass is 356 g/mol. The number of hydrogen-bond donors (Lipinski definition) is 2. The Morgan fingerprint density at radius 2 is 1.86 bits per heavy atom. The Morgan fingerprint density at radius 3 is 2.59 bits per heavy atom. The number of aromatic nitrogens is 1. The van der Waals surface area contributed by atoms with Crippen molar-refractivity contribution < 1.29 is 9.90 Å².